The molecule has 1 aromatic rings. The van der Waals surface area contributed by atoms with Crippen molar-refractivity contribution in [2.75, 3.05) is 13.1 Å². The number of benzene rings is 1. The van der Waals surface area contributed by atoms with E-state index in [1.165, 1.54) is 5.56 Å². The lowest BCUT2D eigenvalue weighted by molar-refractivity contribution is 0.0553. The molecule has 0 amide bonds. The van der Waals surface area contributed by atoms with E-state index in [1.807, 2.05) is 13.8 Å². The van der Waals surface area contributed by atoms with Crippen LogP contribution >= 0.6 is 0 Å². The Morgan fingerprint density at radius 2 is 1.83 bits per heavy atom. The van der Waals surface area contributed by atoms with Crippen LogP contribution in [0.5, 0.6) is 0 Å². The molecule has 2 unspecified atom stereocenters. The molecule has 0 aliphatic rings. The maximum Gasteiger partial charge on any atom is 0.0740 e. The molecule has 2 nitrogen and oxygen atoms in total. The third-order valence-electron chi connectivity index (χ3n) is 3.66. The van der Waals surface area contributed by atoms with Crippen LogP contribution in [0.2, 0.25) is 0 Å². The summed E-state index contributed by atoms with van der Waals surface area (Å²) in [5.74, 6) is 1.09. The second-order valence-corrected chi connectivity index (χ2v) is 5.74. The van der Waals surface area contributed by atoms with Crippen molar-refractivity contribution in [2.24, 2.45) is 5.92 Å². The van der Waals surface area contributed by atoms with E-state index >= 15 is 0 Å². The first-order valence-corrected chi connectivity index (χ1v) is 6.94. The topological polar surface area (TPSA) is 32.3 Å². The Kier molecular flexibility index (Phi) is 5.83. The van der Waals surface area contributed by atoms with Gasteiger partial charge in [0.05, 0.1) is 5.60 Å². The van der Waals surface area contributed by atoms with E-state index in [0.717, 1.165) is 13.0 Å². The van der Waals surface area contributed by atoms with Gasteiger partial charge in [0.1, 0.15) is 0 Å². The summed E-state index contributed by atoms with van der Waals surface area (Å²) in [4.78, 5) is 0. The lowest BCUT2D eigenvalue weighted by Gasteiger charge is -2.26. The molecule has 0 aliphatic heterocycles. The molecule has 0 radical (unpaired) electrons. The fourth-order valence-corrected chi connectivity index (χ4v) is 2.06. The van der Waals surface area contributed by atoms with Gasteiger partial charge in [-0.15, -0.1) is 0 Å². The van der Waals surface area contributed by atoms with Crippen molar-refractivity contribution in [3.8, 4) is 0 Å². The van der Waals surface area contributed by atoms with Gasteiger partial charge < -0.3 is 10.4 Å². The van der Waals surface area contributed by atoms with Gasteiger partial charge in [-0.25, -0.2) is 0 Å². The molecule has 0 spiro atoms. The molecular weight excluding hydrogens is 222 g/mol. The van der Waals surface area contributed by atoms with Crippen LogP contribution in [0.4, 0.5) is 0 Å². The smallest absolute Gasteiger partial charge is 0.0740 e. The van der Waals surface area contributed by atoms with Crippen LogP contribution in [0.1, 0.15) is 45.6 Å². The second-order valence-electron chi connectivity index (χ2n) is 5.74. The largest absolute Gasteiger partial charge is 0.389 e. The minimum absolute atomic E-state index is 0.499. The van der Waals surface area contributed by atoms with Gasteiger partial charge in [0, 0.05) is 13.1 Å². The molecule has 0 aromatic heterocycles. The third kappa shape index (κ3) is 4.79. The highest BCUT2D eigenvalue weighted by atomic mass is 16.3. The molecule has 0 aliphatic carbocycles. The lowest BCUT2D eigenvalue weighted by Crippen LogP contribution is -2.39. The third-order valence-corrected chi connectivity index (χ3v) is 3.66. The minimum atomic E-state index is -0.599. The maximum absolute atomic E-state index is 9.98. The summed E-state index contributed by atoms with van der Waals surface area (Å²) in [7, 11) is 0. The van der Waals surface area contributed by atoms with Gasteiger partial charge in [-0.05, 0) is 30.7 Å². The highest BCUT2D eigenvalue weighted by Gasteiger charge is 2.19. The fraction of sp³-hybridized carbons (Fsp3) is 0.625. The molecular formula is C16H27NO. The summed E-state index contributed by atoms with van der Waals surface area (Å²) in [6.45, 7) is 9.96. The van der Waals surface area contributed by atoms with Gasteiger partial charge in [-0.1, -0.05) is 51.1 Å². The molecule has 0 saturated heterocycles. The van der Waals surface area contributed by atoms with Crippen LogP contribution in [-0.4, -0.2) is 23.8 Å². The Balaban J connectivity index is 2.55. The Morgan fingerprint density at radius 3 is 2.33 bits per heavy atom. The zero-order chi connectivity index (χ0) is 13.6. The number of hydrogen-bond donors (Lipinski definition) is 2. The molecule has 0 heterocycles. The molecule has 2 N–H and O–H groups in total. The van der Waals surface area contributed by atoms with E-state index in [4.69, 9.17) is 0 Å². The van der Waals surface area contributed by atoms with E-state index in [1.54, 1.807) is 0 Å². The van der Waals surface area contributed by atoms with E-state index in [2.05, 4.69) is 49.5 Å². The second kappa shape index (κ2) is 6.91. The molecule has 18 heavy (non-hydrogen) atoms. The van der Waals surface area contributed by atoms with Crippen molar-refractivity contribution < 1.29 is 5.11 Å². The molecule has 1 aromatic carbocycles. The van der Waals surface area contributed by atoms with Crippen LogP contribution in [0.25, 0.3) is 0 Å². The Morgan fingerprint density at radius 1 is 1.22 bits per heavy atom. The number of aliphatic hydroxyl groups is 1. The average molecular weight is 249 g/mol. The summed E-state index contributed by atoms with van der Waals surface area (Å²) in [6.07, 6.45) is 0.775. The molecule has 2 atom stereocenters. The number of rotatable bonds is 7. The lowest BCUT2D eigenvalue weighted by atomic mass is 9.88. The summed E-state index contributed by atoms with van der Waals surface area (Å²) in [5.41, 5.74) is 0.772. The van der Waals surface area contributed by atoms with Crippen LogP contribution in [-0.2, 0) is 0 Å². The Labute approximate surface area is 111 Å². The molecule has 0 bridgehead atoms. The Hall–Kier alpha value is -0.860. The normalized spacial score (nSPS) is 16.6. The highest BCUT2D eigenvalue weighted by Crippen LogP contribution is 2.23. The van der Waals surface area contributed by atoms with Crippen molar-refractivity contribution in [3.05, 3.63) is 35.9 Å². The van der Waals surface area contributed by atoms with Gasteiger partial charge in [-0.2, -0.15) is 0 Å². The van der Waals surface area contributed by atoms with Crippen LogP contribution in [0.15, 0.2) is 30.3 Å². The Bertz CT molecular complexity index is 332. The van der Waals surface area contributed by atoms with Crippen molar-refractivity contribution in [1.82, 2.24) is 5.32 Å². The van der Waals surface area contributed by atoms with Gasteiger partial charge in [0.25, 0.3) is 0 Å². The fourth-order valence-electron chi connectivity index (χ4n) is 2.06. The zero-order valence-electron chi connectivity index (χ0n) is 12.1. The monoisotopic (exact) mass is 249 g/mol. The van der Waals surface area contributed by atoms with Gasteiger partial charge in [0.2, 0.25) is 0 Å². The SMILES string of the molecule is CCC(C)(O)CNCC(c1ccccc1)C(C)C. The van der Waals surface area contributed by atoms with Crippen LogP contribution in [0, 0.1) is 5.92 Å². The standard InChI is InChI=1S/C16H27NO/c1-5-16(4,18)12-17-11-15(13(2)3)14-9-7-6-8-10-14/h6-10,13,15,17-18H,5,11-12H2,1-4H3. The van der Waals surface area contributed by atoms with Crippen LogP contribution < -0.4 is 5.32 Å². The van der Waals surface area contributed by atoms with E-state index < -0.39 is 5.60 Å². The first-order chi connectivity index (χ1) is 8.46. The highest BCUT2D eigenvalue weighted by molar-refractivity contribution is 5.20. The first kappa shape index (κ1) is 15.2. The summed E-state index contributed by atoms with van der Waals surface area (Å²) >= 11 is 0. The maximum atomic E-state index is 9.98. The minimum Gasteiger partial charge on any atom is -0.389 e. The first-order valence-electron chi connectivity index (χ1n) is 6.94. The predicted octanol–water partition coefficient (Wildman–Crippen LogP) is 3.18. The van der Waals surface area contributed by atoms with Crippen molar-refractivity contribution in [1.29, 1.82) is 0 Å². The van der Waals surface area contributed by atoms with Crippen LogP contribution in [0.3, 0.4) is 0 Å². The molecule has 1 rings (SSSR count). The predicted molar refractivity (Wildman–Crippen MR) is 77.8 cm³/mol. The van der Waals surface area contributed by atoms with E-state index in [9.17, 15) is 5.11 Å². The molecule has 0 saturated carbocycles. The van der Waals surface area contributed by atoms with Crippen molar-refractivity contribution in [3.63, 3.8) is 0 Å². The van der Waals surface area contributed by atoms with Crippen molar-refractivity contribution in [2.45, 2.75) is 45.6 Å². The number of nitrogens with one attached hydrogen (secondary N) is 1. The quantitative estimate of drug-likeness (QED) is 0.778. The number of hydrogen-bond acceptors (Lipinski definition) is 2. The van der Waals surface area contributed by atoms with Crippen molar-refractivity contribution >= 4 is 0 Å². The van der Waals surface area contributed by atoms with Gasteiger partial charge >= 0.3 is 0 Å². The summed E-state index contributed by atoms with van der Waals surface area (Å²) < 4.78 is 0. The molecule has 2 heteroatoms. The zero-order valence-corrected chi connectivity index (χ0v) is 12.1. The average Bonchev–Trinajstić information content (AvgIpc) is 2.35. The van der Waals surface area contributed by atoms with E-state index in [0.29, 0.717) is 18.4 Å². The molecule has 0 fully saturated rings. The van der Waals surface area contributed by atoms with E-state index in [-0.39, 0.29) is 0 Å². The van der Waals surface area contributed by atoms with Gasteiger partial charge in [-0.3, -0.25) is 0 Å². The summed E-state index contributed by atoms with van der Waals surface area (Å²) in [5, 5.41) is 13.4. The summed E-state index contributed by atoms with van der Waals surface area (Å²) in [6, 6.07) is 10.6. The van der Waals surface area contributed by atoms with Gasteiger partial charge in [0.15, 0.2) is 0 Å². The molecule has 102 valence electrons.